The van der Waals surface area contributed by atoms with Gasteiger partial charge in [-0.2, -0.15) is 5.16 Å². The van der Waals surface area contributed by atoms with Crippen molar-refractivity contribution in [2.75, 3.05) is 0 Å². The predicted molar refractivity (Wildman–Crippen MR) is 57.2 cm³/mol. The van der Waals surface area contributed by atoms with E-state index in [9.17, 15) is 9.59 Å². The minimum Gasteiger partial charge on any atom is -0.480 e. The number of aromatic amines is 1. The van der Waals surface area contributed by atoms with Crippen LogP contribution in [0.1, 0.15) is 25.2 Å². The van der Waals surface area contributed by atoms with Gasteiger partial charge in [-0.1, -0.05) is 13.8 Å². The zero-order chi connectivity index (χ0) is 12.3. The summed E-state index contributed by atoms with van der Waals surface area (Å²) in [4.78, 5) is 22.0. The fourth-order valence-electron chi connectivity index (χ4n) is 1.41. The molecule has 1 rings (SSSR count). The van der Waals surface area contributed by atoms with Gasteiger partial charge < -0.3 is 15.4 Å². The first-order chi connectivity index (χ1) is 7.41. The zero-order valence-electron chi connectivity index (χ0n) is 9.32. The Balaban J connectivity index is 2.89. The molecule has 0 aromatic carbocycles. The van der Waals surface area contributed by atoms with Crippen LogP contribution in [0.3, 0.4) is 0 Å². The summed E-state index contributed by atoms with van der Waals surface area (Å²) in [5.41, 5.74) is 5.32. The zero-order valence-corrected chi connectivity index (χ0v) is 9.32. The second kappa shape index (κ2) is 4.98. The molecule has 1 aromatic rings. The Bertz CT molecular complexity index is 419. The molecule has 0 spiro atoms. The molecule has 0 radical (unpaired) electrons. The third-order valence-electron chi connectivity index (χ3n) is 2.21. The summed E-state index contributed by atoms with van der Waals surface area (Å²) in [6.07, 6.45) is 0.573. The SMILES string of the molecule is CC(C)Cc1o[nH]c(=O)c1C[C@H](N)C(=O)O. The largest absolute Gasteiger partial charge is 0.480 e. The van der Waals surface area contributed by atoms with Crippen LogP contribution in [0.15, 0.2) is 9.32 Å². The summed E-state index contributed by atoms with van der Waals surface area (Å²) in [5, 5.41) is 10.9. The van der Waals surface area contributed by atoms with E-state index in [0.29, 0.717) is 23.7 Å². The van der Waals surface area contributed by atoms with E-state index in [-0.39, 0.29) is 6.42 Å². The van der Waals surface area contributed by atoms with Gasteiger partial charge in [-0.15, -0.1) is 0 Å². The minimum atomic E-state index is -1.13. The van der Waals surface area contributed by atoms with Gasteiger partial charge in [0.1, 0.15) is 11.8 Å². The summed E-state index contributed by atoms with van der Waals surface area (Å²) in [6, 6.07) is -1.08. The monoisotopic (exact) mass is 228 g/mol. The van der Waals surface area contributed by atoms with E-state index in [0.717, 1.165) is 0 Å². The van der Waals surface area contributed by atoms with E-state index in [4.69, 9.17) is 15.4 Å². The predicted octanol–water partition coefficient (Wildman–Crippen LogP) is 0.121. The molecule has 6 nitrogen and oxygen atoms in total. The van der Waals surface area contributed by atoms with Gasteiger partial charge in [-0.3, -0.25) is 9.59 Å². The van der Waals surface area contributed by atoms with E-state index < -0.39 is 17.6 Å². The average Bonchev–Trinajstić information content (AvgIpc) is 2.48. The summed E-state index contributed by atoms with van der Waals surface area (Å²) in [7, 11) is 0. The van der Waals surface area contributed by atoms with Crippen LogP contribution >= 0.6 is 0 Å². The maximum atomic E-state index is 11.4. The van der Waals surface area contributed by atoms with Crippen molar-refractivity contribution in [3.05, 3.63) is 21.7 Å². The molecule has 0 bridgehead atoms. The van der Waals surface area contributed by atoms with Crippen LogP contribution in [-0.4, -0.2) is 22.3 Å². The van der Waals surface area contributed by atoms with Gasteiger partial charge in [-0.25, -0.2) is 0 Å². The molecule has 0 aliphatic rings. The Morgan fingerprint density at radius 1 is 1.50 bits per heavy atom. The highest BCUT2D eigenvalue weighted by atomic mass is 16.5. The minimum absolute atomic E-state index is 0.0107. The van der Waals surface area contributed by atoms with Crippen molar-refractivity contribution in [3.63, 3.8) is 0 Å². The summed E-state index contributed by atoms with van der Waals surface area (Å²) < 4.78 is 5.00. The fourth-order valence-corrected chi connectivity index (χ4v) is 1.41. The number of hydrogen-bond donors (Lipinski definition) is 3. The van der Waals surface area contributed by atoms with E-state index >= 15 is 0 Å². The third kappa shape index (κ3) is 2.96. The molecule has 1 atom stereocenters. The quantitative estimate of drug-likeness (QED) is 0.663. The normalized spacial score (nSPS) is 13.0. The fraction of sp³-hybridized carbons (Fsp3) is 0.600. The van der Waals surface area contributed by atoms with Gasteiger partial charge in [-0.05, 0) is 5.92 Å². The lowest BCUT2D eigenvalue weighted by molar-refractivity contribution is -0.138. The Morgan fingerprint density at radius 2 is 2.12 bits per heavy atom. The van der Waals surface area contributed by atoms with Crippen molar-refractivity contribution < 1.29 is 14.4 Å². The maximum Gasteiger partial charge on any atom is 0.320 e. The van der Waals surface area contributed by atoms with Crippen molar-refractivity contribution in [1.29, 1.82) is 0 Å². The molecule has 0 saturated heterocycles. The van der Waals surface area contributed by atoms with Gasteiger partial charge in [0, 0.05) is 12.8 Å². The molecule has 1 heterocycles. The number of nitrogens with one attached hydrogen (secondary N) is 1. The molecule has 16 heavy (non-hydrogen) atoms. The molecule has 0 aliphatic heterocycles. The Hall–Kier alpha value is -1.56. The first-order valence-corrected chi connectivity index (χ1v) is 5.09. The highest BCUT2D eigenvalue weighted by Gasteiger charge is 2.20. The molecular weight excluding hydrogens is 212 g/mol. The number of H-pyrrole nitrogens is 1. The molecule has 4 N–H and O–H groups in total. The standard InChI is InChI=1S/C10H16N2O4/c1-5(2)3-8-6(9(13)12-16-8)4-7(11)10(14)15/h5,7H,3-4,11H2,1-2H3,(H,12,13)(H,14,15)/t7-/m0/s1. The van der Waals surface area contributed by atoms with E-state index in [1.165, 1.54) is 0 Å². The summed E-state index contributed by atoms with van der Waals surface area (Å²) in [5.74, 6) is -0.313. The van der Waals surface area contributed by atoms with Gasteiger partial charge in [0.25, 0.3) is 5.56 Å². The first-order valence-electron chi connectivity index (χ1n) is 5.09. The Labute approximate surface area is 92.4 Å². The van der Waals surface area contributed by atoms with Crippen LogP contribution in [-0.2, 0) is 17.6 Å². The lowest BCUT2D eigenvalue weighted by Crippen LogP contribution is -2.34. The molecule has 1 aromatic heterocycles. The van der Waals surface area contributed by atoms with Crippen LogP contribution in [0.5, 0.6) is 0 Å². The van der Waals surface area contributed by atoms with Crippen molar-refractivity contribution in [2.24, 2.45) is 11.7 Å². The molecule has 0 unspecified atom stereocenters. The van der Waals surface area contributed by atoms with Crippen LogP contribution < -0.4 is 11.3 Å². The molecular formula is C10H16N2O4. The van der Waals surface area contributed by atoms with Crippen LogP contribution in [0, 0.1) is 5.92 Å². The first kappa shape index (κ1) is 12.5. The Kier molecular flexibility index (Phi) is 3.89. The number of carboxylic acids is 1. The average molecular weight is 228 g/mol. The van der Waals surface area contributed by atoms with E-state index in [1.807, 2.05) is 13.8 Å². The highest BCUT2D eigenvalue weighted by molar-refractivity contribution is 5.73. The van der Waals surface area contributed by atoms with Gasteiger partial charge >= 0.3 is 5.97 Å². The van der Waals surface area contributed by atoms with Gasteiger partial charge in [0.2, 0.25) is 0 Å². The molecule has 0 fully saturated rings. The van der Waals surface area contributed by atoms with Crippen LogP contribution in [0.4, 0.5) is 0 Å². The lowest BCUT2D eigenvalue weighted by atomic mass is 10.0. The van der Waals surface area contributed by atoms with Crippen molar-refractivity contribution >= 4 is 5.97 Å². The van der Waals surface area contributed by atoms with Gasteiger partial charge in [0.15, 0.2) is 0 Å². The highest BCUT2D eigenvalue weighted by Crippen LogP contribution is 2.11. The maximum absolute atomic E-state index is 11.4. The lowest BCUT2D eigenvalue weighted by Gasteiger charge is -2.06. The number of rotatable bonds is 5. The van der Waals surface area contributed by atoms with Gasteiger partial charge in [0.05, 0.1) is 5.56 Å². The number of hydrogen-bond acceptors (Lipinski definition) is 4. The van der Waals surface area contributed by atoms with Crippen LogP contribution in [0.2, 0.25) is 0 Å². The smallest absolute Gasteiger partial charge is 0.320 e. The summed E-state index contributed by atoms with van der Waals surface area (Å²) >= 11 is 0. The number of aliphatic carboxylic acids is 1. The Morgan fingerprint density at radius 3 is 2.62 bits per heavy atom. The second-order valence-electron chi connectivity index (χ2n) is 4.18. The van der Waals surface area contributed by atoms with Crippen molar-refractivity contribution in [2.45, 2.75) is 32.7 Å². The summed E-state index contributed by atoms with van der Waals surface area (Å²) in [6.45, 7) is 3.96. The van der Waals surface area contributed by atoms with E-state index in [1.54, 1.807) is 0 Å². The number of nitrogens with two attached hydrogens (primary N) is 1. The van der Waals surface area contributed by atoms with E-state index in [2.05, 4.69) is 5.16 Å². The number of carbonyl (C=O) groups is 1. The molecule has 90 valence electrons. The molecule has 0 saturated carbocycles. The second-order valence-corrected chi connectivity index (χ2v) is 4.18. The topological polar surface area (TPSA) is 109 Å². The molecule has 6 heteroatoms. The van der Waals surface area contributed by atoms with Crippen LogP contribution in [0.25, 0.3) is 0 Å². The molecule has 0 aliphatic carbocycles. The van der Waals surface area contributed by atoms with Crippen molar-refractivity contribution in [1.82, 2.24) is 5.16 Å². The third-order valence-corrected chi connectivity index (χ3v) is 2.21. The number of aromatic nitrogens is 1. The molecule has 0 amide bonds. The van der Waals surface area contributed by atoms with Crippen molar-refractivity contribution in [3.8, 4) is 0 Å². The number of carboxylic acid groups (broad SMARTS) is 1.